The zero-order valence-corrected chi connectivity index (χ0v) is 11.1. The Morgan fingerprint density at radius 2 is 2.06 bits per heavy atom. The summed E-state index contributed by atoms with van der Waals surface area (Å²) >= 11 is 0. The summed E-state index contributed by atoms with van der Waals surface area (Å²) in [6.45, 7) is 8.54. The number of hydrogen-bond acceptors (Lipinski definition) is 3. The molecule has 4 heteroatoms. The fourth-order valence-corrected chi connectivity index (χ4v) is 1.38. The van der Waals surface area contributed by atoms with E-state index < -0.39 is 0 Å². The molecular formula is C12H27N3O. The quantitative estimate of drug-likeness (QED) is 0.648. The van der Waals surface area contributed by atoms with Crippen LogP contribution in [0.25, 0.3) is 0 Å². The highest BCUT2D eigenvalue weighted by atomic mass is 16.1. The number of nitrogens with one attached hydrogen (secondary N) is 1. The Balaban J connectivity index is 3.61. The molecule has 0 saturated heterocycles. The van der Waals surface area contributed by atoms with Gasteiger partial charge in [0.25, 0.3) is 0 Å². The predicted octanol–water partition coefficient (Wildman–Crippen LogP) is 0.818. The van der Waals surface area contributed by atoms with Gasteiger partial charge in [-0.05, 0) is 32.9 Å². The summed E-state index contributed by atoms with van der Waals surface area (Å²) in [5, 5.41) is 2.92. The van der Waals surface area contributed by atoms with Crippen molar-refractivity contribution < 1.29 is 4.79 Å². The smallest absolute Gasteiger partial charge is 0.220 e. The van der Waals surface area contributed by atoms with E-state index >= 15 is 0 Å². The summed E-state index contributed by atoms with van der Waals surface area (Å²) in [5.74, 6) is 0.378. The summed E-state index contributed by atoms with van der Waals surface area (Å²) in [6.07, 6.45) is 1.66. The Morgan fingerprint density at radius 3 is 2.56 bits per heavy atom. The van der Waals surface area contributed by atoms with Gasteiger partial charge in [-0.1, -0.05) is 13.8 Å². The van der Waals surface area contributed by atoms with Gasteiger partial charge in [0.15, 0.2) is 0 Å². The number of hydrogen-bond donors (Lipinski definition) is 2. The molecular weight excluding hydrogens is 202 g/mol. The normalized spacial score (nSPS) is 14.9. The number of rotatable bonds is 8. The average Bonchev–Trinajstić information content (AvgIpc) is 2.27. The summed E-state index contributed by atoms with van der Waals surface area (Å²) in [5.41, 5.74) is 5.47. The molecule has 0 aliphatic rings. The molecule has 0 aliphatic carbocycles. The molecule has 16 heavy (non-hydrogen) atoms. The molecule has 0 aromatic rings. The van der Waals surface area contributed by atoms with Gasteiger partial charge in [0.05, 0.1) is 0 Å². The van der Waals surface area contributed by atoms with Crippen LogP contribution in [-0.4, -0.2) is 43.5 Å². The largest absolute Gasteiger partial charge is 0.355 e. The third-order valence-electron chi connectivity index (χ3n) is 3.07. The summed E-state index contributed by atoms with van der Waals surface area (Å²) in [6, 6.07) is 0.569. The summed E-state index contributed by atoms with van der Waals surface area (Å²) in [7, 11) is 2.09. The second kappa shape index (κ2) is 8.53. The molecule has 2 atom stereocenters. The topological polar surface area (TPSA) is 58.4 Å². The van der Waals surface area contributed by atoms with E-state index in [0.29, 0.717) is 19.0 Å². The first-order valence-corrected chi connectivity index (χ1v) is 6.18. The van der Waals surface area contributed by atoms with Crippen molar-refractivity contribution in [3.8, 4) is 0 Å². The molecule has 0 aromatic heterocycles. The molecule has 0 aliphatic heterocycles. The minimum absolute atomic E-state index is 0.107. The third-order valence-corrected chi connectivity index (χ3v) is 3.07. The van der Waals surface area contributed by atoms with Crippen molar-refractivity contribution in [1.29, 1.82) is 0 Å². The molecule has 0 aromatic carbocycles. The van der Waals surface area contributed by atoms with Gasteiger partial charge in [-0.25, -0.2) is 0 Å². The van der Waals surface area contributed by atoms with Crippen molar-refractivity contribution in [3.63, 3.8) is 0 Å². The molecule has 0 spiro atoms. The Bertz CT molecular complexity index is 197. The number of likely N-dealkylation sites (N-methyl/N-ethyl adjacent to an activating group) is 1. The fourth-order valence-electron chi connectivity index (χ4n) is 1.38. The lowest BCUT2D eigenvalue weighted by atomic mass is 10.1. The van der Waals surface area contributed by atoms with E-state index in [4.69, 9.17) is 5.73 Å². The summed E-state index contributed by atoms with van der Waals surface area (Å²) in [4.78, 5) is 13.7. The maximum Gasteiger partial charge on any atom is 0.220 e. The van der Waals surface area contributed by atoms with Crippen LogP contribution in [0.15, 0.2) is 0 Å². The lowest BCUT2D eigenvalue weighted by molar-refractivity contribution is -0.121. The van der Waals surface area contributed by atoms with Crippen molar-refractivity contribution in [2.45, 2.75) is 39.7 Å². The molecule has 0 fully saturated rings. The van der Waals surface area contributed by atoms with E-state index in [1.165, 1.54) is 0 Å². The number of nitrogens with two attached hydrogens (primary N) is 1. The van der Waals surface area contributed by atoms with E-state index in [-0.39, 0.29) is 11.8 Å². The van der Waals surface area contributed by atoms with E-state index in [2.05, 4.69) is 31.1 Å². The zero-order valence-electron chi connectivity index (χ0n) is 11.1. The van der Waals surface area contributed by atoms with Crippen molar-refractivity contribution in [1.82, 2.24) is 10.2 Å². The number of carbonyl (C=O) groups excluding carboxylic acids is 1. The van der Waals surface area contributed by atoms with E-state index in [1.54, 1.807) is 0 Å². The first kappa shape index (κ1) is 15.4. The van der Waals surface area contributed by atoms with Crippen LogP contribution in [0.3, 0.4) is 0 Å². The predicted molar refractivity (Wildman–Crippen MR) is 68.2 cm³/mol. The maximum absolute atomic E-state index is 11.4. The zero-order chi connectivity index (χ0) is 12.6. The van der Waals surface area contributed by atoms with Crippen LogP contribution >= 0.6 is 0 Å². The highest BCUT2D eigenvalue weighted by Gasteiger charge is 2.09. The van der Waals surface area contributed by atoms with Crippen molar-refractivity contribution >= 4 is 5.91 Å². The minimum Gasteiger partial charge on any atom is -0.355 e. The first-order chi connectivity index (χ1) is 7.51. The van der Waals surface area contributed by atoms with Gasteiger partial charge in [0, 0.05) is 25.6 Å². The molecule has 96 valence electrons. The molecule has 0 bridgehead atoms. The van der Waals surface area contributed by atoms with Gasteiger partial charge in [-0.2, -0.15) is 0 Å². The molecule has 1 amide bonds. The van der Waals surface area contributed by atoms with Crippen LogP contribution in [0.2, 0.25) is 0 Å². The molecule has 3 N–H and O–H groups in total. The highest BCUT2D eigenvalue weighted by molar-refractivity contribution is 5.76. The Morgan fingerprint density at radius 1 is 1.44 bits per heavy atom. The molecule has 4 nitrogen and oxygen atoms in total. The second-order valence-corrected chi connectivity index (χ2v) is 4.63. The van der Waals surface area contributed by atoms with Crippen LogP contribution < -0.4 is 11.1 Å². The van der Waals surface area contributed by atoms with E-state index in [1.807, 2.05) is 6.92 Å². The second-order valence-electron chi connectivity index (χ2n) is 4.63. The number of carbonyl (C=O) groups is 1. The summed E-state index contributed by atoms with van der Waals surface area (Å²) < 4.78 is 0. The van der Waals surface area contributed by atoms with Gasteiger partial charge < -0.3 is 16.0 Å². The van der Waals surface area contributed by atoms with Crippen LogP contribution in [0.4, 0.5) is 0 Å². The molecule has 0 radical (unpaired) electrons. The van der Waals surface area contributed by atoms with Crippen molar-refractivity contribution in [3.05, 3.63) is 0 Å². The van der Waals surface area contributed by atoms with Crippen LogP contribution in [0.5, 0.6) is 0 Å². The van der Waals surface area contributed by atoms with Crippen LogP contribution in [-0.2, 0) is 4.79 Å². The Labute approximate surface area is 99.6 Å². The van der Waals surface area contributed by atoms with Crippen molar-refractivity contribution in [2.75, 3.05) is 26.7 Å². The molecule has 0 saturated carbocycles. The van der Waals surface area contributed by atoms with Gasteiger partial charge in [-0.3, -0.25) is 4.79 Å². The average molecular weight is 229 g/mol. The Kier molecular flexibility index (Phi) is 8.21. The van der Waals surface area contributed by atoms with E-state index in [9.17, 15) is 4.79 Å². The highest BCUT2D eigenvalue weighted by Crippen LogP contribution is 1.99. The number of amides is 1. The fraction of sp³-hybridized carbons (Fsp3) is 0.917. The monoisotopic (exact) mass is 229 g/mol. The van der Waals surface area contributed by atoms with Crippen molar-refractivity contribution in [2.24, 2.45) is 11.7 Å². The maximum atomic E-state index is 11.4. The minimum atomic E-state index is 0.107. The van der Waals surface area contributed by atoms with Gasteiger partial charge >= 0.3 is 0 Å². The van der Waals surface area contributed by atoms with Gasteiger partial charge in [0.1, 0.15) is 0 Å². The molecule has 0 heterocycles. The standard InChI is InChI=1S/C12H27N3O/c1-5-11(3)15(4)7-6-14-12(16)8-10(2)9-13/h10-11H,5-9,13H2,1-4H3,(H,14,16). The number of nitrogens with zero attached hydrogens (tertiary/aromatic N) is 1. The van der Waals surface area contributed by atoms with Gasteiger partial charge in [-0.15, -0.1) is 0 Å². The molecule has 2 unspecified atom stereocenters. The van der Waals surface area contributed by atoms with Crippen LogP contribution in [0.1, 0.15) is 33.6 Å². The van der Waals surface area contributed by atoms with E-state index in [0.717, 1.165) is 19.5 Å². The lowest BCUT2D eigenvalue weighted by Gasteiger charge is -2.23. The Hall–Kier alpha value is -0.610. The molecule has 0 rings (SSSR count). The third kappa shape index (κ3) is 6.80. The lowest BCUT2D eigenvalue weighted by Crippen LogP contribution is -2.37. The first-order valence-electron chi connectivity index (χ1n) is 6.18. The van der Waals surface area contributed by atoms with Gasteiger partial charge in [0.2, 0.25) is 5.91 Å². The SMILES string of the molecule is CCC(C)N(C)CCNC(=O)CC(C)CN. The van der Waals surface area contributed by atoms with Crippen LogP contribution in [0, 0.1) is 5.92 Å².